The van der Waals surface area contributed by atoms with E-state index < -0.39 is 0 Å². The van der Waals surface area contributed by atoms with Crippen LogP contribution in [0.5, 0.6) is 0 Å². The zero-order valence-electron chi connectivity index (χ0n) is 18.1. The standard InChI is InChI=1S/C24H34N4O2/c1-22-8-5-16(27-28-21(25)26)11-15(22)3-4-18-17(22)6-9-23(2)19(14-7-10-29-13-14)12-20-24(18,23)30-20/h7,10,13,15,17-20H,3-6,8-9,11-12H2,1-2H3,(H4,25,26,28)/t15-,17+,18-,19-,20-,22+,23-,24-/m1/s1. The molecule has 1 saturated heterocycles. The van der Waals surface area contributed by atoms with Crippen LogP contribution in [0.25, 0.3) is 0 Å². The minimum Gasteiger partial charge on any atom is -0.472 e. The fourth-order valence-corrected chi connectivity index (χ4v) is 8.69. The van der Waals surface area contributed by atoms with Crippen LogP contribution in [0.3, 0.4) is 0 Å². The highest BCUT2D eigenvalue weighted by atomic mass is 16.6. The number of guanidine groups is 1. The van der Waals surface area contributed by atoms with Crippen molar-refractivity contribution in [3.05, 3.63) is 24.2 Å². The Morgan fingerprint density at radius 3 is 2.77 bits per heavy atom. The number of rotatable bonds is 2. The number of furan rings is 1. The van der Waals surface area contributed by atoms with Crippen LogP contribution in [-0.4, -0.2) is 23.4 Å². The maximum Gasteiger partial charge on any atom is 0.211 e. The maximum atomic E-state index is 6.66. The fourth-order valence-electron chi connectivity index (χ4n) is 8.69. The van der Waals surface area contributed by atoms with Gasteiger partial charge in [-0.1, -0.05) is 13.8 Å². The van der Waals surface area contributed by atoms with Gasteiger partial charge >= 0.3 is 0 Å². The molecule has 6 nitrogen and oxygen atoms in total. The molecule has 5 aliphatic rings. The van der Waals surface area contributed by atoms with Gasteiger partial charge in [-0.05, 0) is 92.1 Å². The van der Waals surface area contributed by atoms with E-state index in [0.717, 1.165) is 25.2 Å². The monoisotopic (exact) mass is 410 g/mol. The van der Waals surface area contributed by atoms with E-state index in [1.54, 1.807) is 0 Å². The van der Waals surface area contributed by atoms with Crippen LogP contribution in [0.1, 0.15) is 76.7 Å². The van der Waals surface area contributed by atoms with Crippen molar-refractivity contribution < 1.29 is 9.15 Å². The molecule has 6 rings (SSSR count). The lowest BCUT2D eigenvalue weighted by molar-refractivity contribution is -0.118. The molecule has 4 aliphatic carbocycles. The topological polar surface area (TPSA) is 102 Å². The highest BCUT2D eigenvalue weighted by molar-refractivity contribution is 5.86. The summed E-state index contributed by atoms with van der Waals surface area (Å²) in [5.74, 6) is 2.75. The molecule has 4 N–H and O–H groups in total. The minimum atomic E-state index is 0.0514. The predicted octanol–water partition coefficient (Wildman–Crippen LogP) is 4.17. The first-order valence-electron chi connectivity index (χ1n) is 11.7. The molecule has 0 bridgehead atoms. The lowest BCUT2D eigenvalue weighted by Gasteiger charge is -2.60. The SMILES string of the molecule is C[C@]12CCC(=NN=C(N)N)C[C@H]1CC[C@@H]1[C@@H]2CC[C@]2(C)[C@@H](c3ccoc3)C[C@H]3O[C@]132. The normalized spacial score (nSPS) is 50.2. The van der Waals surface area contributed by atoms with Crippen molar-refractivity contribution in [1.29, 1.82) is 0 Å². The highest BCUT2D eigenvalue weighted by Gasteiger charge is 2.80. The van der Waals surface area contributed by atoms with Crippen molar-refractivity contribution in [3.63, 3.8) is 0 Å². The molecule has 5 fully saturated rings. The fraction of sp³-hybridized carbons (Fsp3) is 0.750. The molecule has 6 heteroatoms. The molecule has 4 saturated carbocycles. The molecule has 2 heterocycles. The van der Waals surface area contributed by atoms with Gasteiger partial charge in [0.05, 0.1) is 18.6 Å². The van der Waals surface area contributed by atoms with Crippen molar-refractivity contribution in [2.75, 3.05) is 0 Å². The highest BCUT2D eigenvalue weighted by Crippen LogP contribution is 2.77. The van der Waals surface area contributed by atoms with Gasteiger partial charge in [0.25, 0.3) is 0 Å². The van der Waals surface area contributed by atoms with Crippen LogP contribution in [0.4, 0.5) is 0 Å². The molecule has 162 valence electrons. The number of hydrogen-bond donors (Lipinski definition) is 2. The Balaban J connectivity index is 1.29. The lowest BCUT2D eigenvalue weighted by Crippen LogP contribution is -2.58. The molecule has 8 atom stereocenters. The Kier molecular flexibility index (Phi) is 3.86. The third-order valence-corrected chi connectivity index (χ3v) is 10.2. The van der Waals surface area contributed by atoms with Crippen LogP contribution in [0, 0.1) is 28.6 Å². The number of fused-ring (bicyclic) bond motifs is 3. The van der Waals surface area contributed by atoms with Gasteiger partial charge in [0, 0.05) is 11.1 Å². The number of ether oxygens (including phenoxy) is 1. The first-order valence-corrected chi connectivity index (χ1v) is 11.7. The summed E-state index contributed by atoms with van der Waals surface area (Å²) in [6, 6.07) is 2.18. The average molecular weight is 411 g/mol. The van der Waals surface area contributed by atoms with Crippen molar-refractivity contribution >= 4 is 11.7 Å². The smallest absolute Gasteiger partial charge is 0.211 e. The summed E-state index contributed by atoms with van der Waals surface area (Å²) in [7, 11) is 0. The van der Waals surface area contributed by atoms with Crippen molar-refractivity contribution in [1.82, 2.24) is 0 Å². The van der Waals surface area contributed by atoms with E-state index in [9.17, 15) is 0 Å². The summed E-state index contributed by atoms with van der Waals surface area (Å²) in [4.78, 5) is 0. The largest absolute Gasteiger partial charge is 0.472 e. The van der Waals surface area contributed by atoms with E-state index in [0.29, 0.717) is 29.3 Å². The summed E-state index contributed by atoms with van der Waals surface area (Å²) in [5.41, 5.74) is 14.2. The Hall–Kier alpha value is -1.82. The van der Waals surface area contributed by atoms with E-state index in [1.165, 1.54) is 43.4 Å². The predicted molar refractivity (Wildman–Crippen MR) is 116 cm³/mol. The molecule has 0 aromatic carbocycles. The van der Waals surface area contributed by atoms with E-state index in [4.69, 9.17) is 20.6 Å². The second-order valence-corrected chi connectivity index (χ2v) is 11.1. The zero-order chi connectivity index (χ0) is 20.7. The van der Waals surface area contributed by atoms with Crippen LogP contribution in [0.2, 0.25) is 0 Å². The molecule has 1 aromatic rings. The molecule has 0 unspecified atom stereocenters. The van der Waals surface area contributed by atoms with E-state index in [-0.39, 0.29) is 17.0 Å². The second-order valence-electron chi connectivity index (χ2n) is 11.1. The summed E-state index contributed by atoms with van der Waals surface area (Å²) in [5, 5.41) is 8.28. The van der Waals surface area contributed by atoms with Crippen LogP contribution in [-0.2, 0) is 4.74 Å². The zero-order valence-corrected chi connectivity index (χ0v) is 18.1. The van der Waals surface area contributed by atoms with Gasteiger partial charge in [-0.3, -0.25) is 0 Å². The number of epoxide rings is 1. The maximum absolute atomic E-state index is 6.66. The first kappa shape index (κ1) is 18.9. The van der Waals surface area contributed by atoms with Crippen molar-refractivity contribution in [3.8, 4) is 0 Å². The van der Waals surface area contributed by atoms with E-state index in [1.807, 2.05) is 12.5 Å². The van der Waals surface area contributed by atoms with Crippen molar-refractivity contribution in [2.24, 2.45) is 50.3 Å². The average Bonchev–Trinajstić information content (AvgIpc) is 3.07. The molecule has 1 spiro atoms. The Bertz CT molecular complexity index is 906. The number of hydrogen-bond acceptors (Lipinski definition) is 4. The Labute approximate surface area is 178 Å². The quantitative estimate of drug-likeness (QED) is 0.331. The number of nitrogens with two attached hydrogens (primary N) is 2. The first-order chi connectivity index (χ1) is 14.4. The van der Waals surface area contributed by atoms with E-state index in [2.05, 4.69) is 30.1 Å². The van der Waals surface area contributed by atoms with Gasteiger partial charge in [-0.25, -0.2) is 0 Å². The van der Waals surface area contributed by atoms with Gasteiger partial charge < -0.3 is 20.6 Å². The van der Waals surface area contributed by atoms with Gasteiger partial charge in [-0.2, -0.15) is 5.10 Å². The molecule has 30 heavy (non-hydrogen) atoms. The van der Waals surface area contributed by atoms with Crippen LogP contribution >= 0.6 is 0 Å². The third kappa shape index (κ3) is 2.29. The second kappa shape index (κ2) is 6.12. The van der Waals surface area contributed by atoms with Gasteiger partial charge in [0.2, 0.25) is 5.96 Å². The third-order valence-electron chi connectivity index (χ3n) is 10.2. The molecular formula is C24H34N4O2. The number of nitrogens with zero attached hydrogens (tertiary/aromatic N) is 2. The molecule has 0 amide bonds. The summed E-state index contributed by atoms with van der Waals surface area (Å²) in [6.07, 6.45) is 13.8. The lowest BCUT2D eigenvalue weighted by atomic mass is 9.44. The van der Waals surface area contributed by atoms with Gasteiger partial charge in [0.1, 0.15) is 5.60 Å². The van der Waals surface area contributed by atoms with Crippen LogP contribution < -0.4 is 11.5 Å². The Morgan fingerprint density at radius 2 is 2.00 bits per heavy atom. The van der Waals surface area contributed by atoms with E-state index >= 15 is 0 Å². The van der Waals surface area contributed by atoms with Crippen LogP contribution in [0.15, 0.2) is 33.2 Å². The van der Waals surface area contributed by atoms with Gasteiger partial charge in [-0.15, -0.1) is 5.10 Å². The molecule has 1 aromatic heterocycles. The van der Waals surface area contributed by atoms with Gasteiger partial charge in [0.15, 0.2) is 0 Å². The minimum absolute atomic E-state index is 0.0514. The summed E-state index contributed by atoms with van der Waals surface area (Å²) < 4.78 is 12.1. The van der Waals surface area contributed by atoms with Crippen molar-refractivity contribution in [2.45, 2.75) is 82.8 Å². The molecule has 1 aliphatic heterocycles. The molecular weight excluding hydrogens is 376 g/mol. The molecule has 0 radical (unpaired) electrons. The summed E-state index contributed by atoms with van der Waals surface area (Å²) >= 11 is 0. The summed E-state index contributed by atoms with van der Waals surface area (Å²) in [6.45, 7) is 5.08. The Morgan fingerprint density at radius 1 is 1.13 bits per heavy atom.